The van der Waals surface area contributed by atoms with Crippen molar-refractivity contribution in [2.24, 2.45) is 0 Å². The van der Waals surface area contributed by atoms with Gasteiger partial charge in [0.05, 0.1) is 0 Å². The zero-order valence-corrected chi connectivity index (χ0v) is 14.2. The molecule has 1 aliphatic rings. The van der Waals surface area contributed by atoms with Crippen LogP contribution < -0.4 is 5.32 Å². The lowest BCUT2D eigenvalue weighted by Crippen LogP contribution is -2.33. The first-order valence-electron chi connectivity index (χ1n) is 7.97. The van der Waals surface area contributed by atoms with Crippen LogP contribution in [0, 0.1) is 0 Å². The fourth-order valence-corrected chi connectivity index (χ4v) is 3.30. The molecule has 1 aromatic carbocycles. The number of hydrogen-bond acceptors (Lipinski definition) is 3. The average molecular weight is 310 g/mol. The predicted octanol–water partition coefficient (Wildman–Crippen LogP) is 3.02. The Morgan fingerprint density at radius 1 is 1.43 bits per heavy atom. The highest BCUT2D eigenvalue weighted by atomic mass is 35.5. The first-order chi connectivity index (χ1) is 10.1. The molecule has 0 aliphatic carbocycles. The Balaban J connectivity index is 1.89. The maximum Gasteiger partial charge on any atom is 0.0409 e. The highest BCUT2D eigenvalue weighted by molar-refractivity contribution is 6.30. The van der Waals surface area contributed by atoms with Gasteiger partial charge < -0.3 is 15.1 Å². The zero-order valence-electron chi connectivity index (χ0n) is 13.5. The van der Waals surface area contributed by atoms with E-state index in [4.69, 9.17) is 11.6 Å². The Morgan fingerprint density at radius 3 is 2.86 bits per heavy atom. The Morgan fingerprint density at radius 2 is 2.24 bits per heavy atom. The number of halogens is 1. The van der Waals surface area contributed by atoms with Crippen LogP contribution in [-0.4, -0.2) is 56.1 Å². The molecule has 0 saturated carbocycles. The van der Waals surface area contributed by atoms with Crippen LogP contribution in [0.4, 0.5) is 0 Å². The highest BCUT2D eigenvalue weighted by Crippen LogP contribution is 2.22. The molecule has 2 rings (SSSR count). The van der Waals surface area contributed by atoms with E-state index in [9.17, 15) is 0 Å². The SMILES string of the molecule is CCNC(CCN1CCC(N(C)C)C1)c1cccc(Cl)c1. The van der Waals surface area contributed by atoms with Gasteiger partial charge in [-0.1, -0.05) is 30.7 Å². The monoisotopic (exact) mass is 309 g/mol. The van der Waals surface area contributed by atoms with Crippen LogP contribution in [0.1, 0.15) is 31.4 Å². The third kappa shape index (κ3) is 4.96. The van der Waals surface area contributed by atoms with Crippen molar-refractivity contribution in [3.63, 3.8) is 0 Å². The minimum absolute atomic E-state index is 0.395. The maximum absolute atomic E-state index is 6.13. The summed E-state index contributed by atoms with van der Waals surface area (Å²) in [4.78, 5) is 4.93. The van der Waals surface area contributed by atoms with Gasteiger partial charge >= 0.3 is 0 Å². The van der Waals surface area contributed by atoms with Gasteiger partial charge in [0.25, 0.3) is 0 Å². The molecule has 1 aromatic rings. The molecule has 1 aliphatic heterocycles. The molecule has 4 heteroatoms. The fraction of sp³-hybridized carbons (Fsp3) is 0.647. The fourth-order valence-electron chi connectivity index (χ4n) is 3.10. The van der Waals surface area contributed by atoms with Gasteiger partial charge in [0, 0.05) is 30.2 Å². The summed E-state index contributed by atoms with van der Waals surface area (Å²) in [6.45, 7) is 6.71. The molecular formula is C17H28ClN3. The Labute approximate surface area is 134 Å². The topological polar surface area (TPSA) is 18.5 Å². The van der Waals surface area contributed by atoms with E-state index < -0.39 is 0 Å². The van der Waals surface area contributed by atoms with Crippen LogP contribution in [-0.2, 0) is 0 Å². The second-order valence-electron chi connectivity index (χ2n) is 6.16. The lowest BCUT2D eigenvalue weighted by Gasteiger charge is -2.24. The Bertz CT molecular complexity index is 436. The van der Waals surface area contributed by atoms with Crippen molar-refractivity contribution >= 4 is 11.6 Å². The number of likely N-dealkylation sites (N-methyl/N-ethyl adjacent to an activating group) is 1. The van der Waals surface area contributed by atoms with E-state index in [-0.39, 0.29) is 0 Å². The summed E-state index contributed by atoms with van der Waals surface area (Å²) in [7, 11) is 4.36. The van der Waals surface area contributed by atoms with Crippen LogP contribution >= 0.6 is 11.6 Å². The quantitative estimate of drug-likeness (QED) is 0.835. The molecule has 0 bridgehead atoms. The number of likely N-dealkylation sites (tertiary alicyclic amines) is 1. The molecule has 3 nitrogen and oxygen atoms in total. The van der Waals surface area contributed by atoms with Crippen molar-refractivity contribution in [2.75, 3.05) is 40.3 Å². The van der Waals surface area contributed by atoms with Crippen LogP contribution in [0.3, 0.4) is 0 Å². The molecule has 0 radical (unpaired) electrons. The lowest BCUT2D eigenvalue weighted by molar-refractivity contribution is 0.260. The summed E-state index contributed by atoms with van der Waals surface area (Å²) in [6, 6.07) is 9.35. The molecule has 1 N–H and O–H groups in total. The summed E-state index contributed by atoms with van der Waals surface area (Å²) >= 11 is 6.13. The Kier molecular flexibility index (Phi) is 6.49. The number of rotatable bonds is 7. The van der Waals surface area contributed by atoms with Gasteiger partial charge in [0.2, 0.25) is 0 Å². The molecule has 0 amide bonds. The van der Waals surface area contributed by atoms with E-state index >= 15 is 0 Å². The predicted molar refractivity (Wildman–Crippen MR) is 91.0 cm³/mol. The smallest absolute Gasteiger partial charge is 0.0409 e. The molecule has 118 valence electrons. The van der Waals surface area contributed by atoms with Gasteiger partial charge in [-0.15, -0.1) is 0 Å². The molecule has 2 atom stereocenters. The molecule has 1 saturated heterocycles. The number of nitrogens with zero attached hydrogens (tertiary/aromatic N) is 2. The van der Waals surface area contributed by atoms with Gasteiger partial charge in [-0.25, -0.2) is 0 Å². The maximum atomic E-state index is 6.13. The molecule has 0 aromatic heterocycles. The van der Waals surface area contributed by atoms with Crippen LogP contribution in [0.25, 0.3) is 0 Å². The van der Waals surface area contributed by atoms with E-state index in [1.165, 1.54) is 25.1 Å². The second-order valence-corrected chi connectivity index (χ2v) is 6.60. The van der Waals surface area contributed by atoms with Crippen molar-refractivity contribution in [2.45, 2.75) is 31.8 Å². The standard InChI is InChI=1S/C17H28ClN3/c1-4-19-17(14-6-5-7-15(18)12-14)9-11-21-10-8-16(13-21)20(2)3/h5-7,12,16-17,19H,4,8-11,13H2,1-3H3. The van der Waals surface area contributed by atoms with Gasteiger partial charge in [-0.2, -0.15) is 0 Å². The van der Waals surface area contributed by atoms with Gasteiger partial charge in [0.15, 0.2) is 0 Å². The van der Waals surface area contributed by atoms with E-state index in [1.807, 2.05) is 12.1 Å². The van der Waals surface area contributed by atoms with E-state index in [0.29, 0.717) is 12.1 Å². The molecule has 21 heavy (non-hydrogen) atoms. The number of nitrogens with one attached hydrogen (secondary N) is 1. The molecular weight excluding hydrogens is 282 g/mol. The van der Waals surface area contributed by atoms with Gasteiger partial charge in [0.1, 0.15) is 0 Å². The average Bonchev–Trinajstić information content (AvgIpc) is 2.92. The zero-order chi connectivity index (χ0) is 15.2. The summed E-state index contributed by atoms with van der Waals surface area (Å²) in [5.74, 6) is 0. The Hall–Kier alpha value is -0.610. The number of hydrogen-bond donors (Lipinski definition) is 1. The molecule has 1 fully saturated rings. The second kappa shape index (κ2) is 8.14. The van der Waals surface area contributed by atoms with E-state index in [1.54, 1.807) is 0 Å². The summed E-state index contributed by atoms with van der Waals surface area (Å²) in [5, 5.41) is 4.41. The largest absolute Gasteiger partial charge is 0.310 e. The molecule has 0 spiro atoms. The highest BCUT2D eigenvalue weighted by Gasteiger charge is 2.24. The van der Waals surface area contributed by atoms with Gasteiger partial charge in [-0.3, -0.25) is 0 Å². The van der Waals surface area contributed by atoms with E-state index in [0.717, 1.165) is 24.5 Å². The molecule has 1 heterocycles. The van der Waals surface area contributed by atoms with Gasteiger partial charge in [-0.05, 0) is 57.7 Å². The summed E-state index contributed by atoms with van der Waals surface area (Å²) in [5.41, 5.74) is 1.30. The van der Waals surface area contributed by atoms with Crippen molar-refractivity contribution in [1.29, 1.82) is 0 Å². The third-order valence-corrected chi connectivity index (χ3v) is 4.65. The third-order valence-electron chi connectivity index (χ3n) is 4.41. The van der Waals surface area contributed by atoms with Crippen molar-refractivity contribution in [3.8, 4) is 0 Å². The van der Waals surface area contributed by atoms with Crippen LogP contribution in [0.5, 0.6) is 0 Å². The lowest BCUT2D eigenvalue weighted by atomic mass is 10.0. The van der Waals surface area contributed by atoms with Crippen molar-refractivity contribution < 1.29 is 0 Å². The van der Waals surface area contributed by atoms with Crippen molar-refractivity contribution in [1.82, 2.24) is 15.1 Å². The van der Waals surface area contributed by atoms with Crippen LogP contribution in [0.15, 0.2) is 24.3 Å². The van der Waals surface area contributed by atoms with Crippen LogP contribution in [0.2, 0.25) is 5.02 Å². The number of benzene rings is 1. The minimum atomic E-state index is 0.395. The first-order valence-corrected chi connectivity index (χ1v) is 8.35. The first kappa shape index (κ1) is 16.8. The summed E-state index contributed by atoms with van der Waals surface area (Å²) in [6.07, 6.45) is 2.42. The van der Waals surface area contributed by atoms with Crippen molar-refractivity contribution in [3.05, 3.63) is 34.9 Å². The normalized spacial score (nSPS) is 21.1. The molecule has 2 unspecified atom stereocenters. The van der Waals surface area contributed by atoms with E-state index in [2.05, 4.69) is 48.3 Å². The minimum Gasteiger partial charge on any atom is -0.310 e. The summed E-state index contributed by atoms with van der Waals surface area (Å²) < 4.78 is 0.